The molecule has 1 saturated carbocycles. The third-order valence-corrected chi connectivity index (χ3v) is 5.15. The van der Waals surface area contributed by atoms with Crippen molar-refractivity contribution in [3.8, 4) is 5.75 Å². The van der Waals surface area contributed by atoms with Gasteiger partial charge in [0.1, 0.15) is 0 Å². The first kappa shape index (κ1) is 18.5. The van der Waals surface area contributed by atoms with Crippen molar-refractivity contribution in [3.63, 3.8) is 0 Å². The van der Waals surface area contributed by atoms with E-state index in [1.54, 1.807) is 15.9 Å². The largest absolute Gasteiger partial charge is 0.494 e. The molecular weight excluding hydrogens is 337 g/mol. The molecule has 26 heavy (non-hydrogen) atoms. The molecule has 6 nitrogen and oxygen atoms in total. The summed E-state index contributed by atoms with van der Waals surface area (Å²) < 4.78 is 18.8. The Bertz CT molecular complexity index is 661. The lowest BCUT2D eigenvalue weighted by atomic mass is 10.1. The van der Waals surface area contributed by atoms with E-state index in [9.17, 15) is 14.0 Å². The highest BCUT2D eigenvalue weighted by atomic mass is 19.1. The molecule has 2 fully saturated rings. The third-order valence-electron chi connectivity index (χ3n) is 5.15. The minimum absolute atomic E-state index is 0.0401. The summed E-state index contributed by atoms with van der Waals surface area (Å²) in [4.78, 5) is 28.5. The molecule has 7 heteroatoms. The number of nitrogens with zero attached hydrogens (tertiary/aromatic N) is 2. The Morgan fingerprint density at radius 1 is 1.08 bits per heavy atom. The smallest absolute Gasteiger partial charge is 0.317 e. The average Bonchev–Trinajstić information content (AvgIpc) is 3.02. The van der Waals surface area contributed by atoms with E-state index >= 15 is 0 Å². The molecule has 0 spiro atoms. The molecule has 0 aromatic heterocycles. The van der Waals surface area contributed by atoms with Crippen LogP contribution in [0, 0.1) is 5.82 Å². The average molecular weight is 363 g/mol. The minimum atomic E-state index is -0.550. The van der Waals surface area contributed by atoms with E-state index in [-0.39, 0.29) is 23.7 Å². The summed E-state index contributed by atoms with van der Waals surface area (Å²) in [5.41, 5.74) is 0.298. The van der Waals surface area contributed by atoms with E-state index < -0.39 is 5.82 Å². The van der Waals surface area contributed by atoms with E-state index in [0.717, 1.165) is 12.8 Å². The van der Waals surface area contributed by atoms with Gasteiger partial charge in [-0.15, -0.1) is 0 Å². The number of carbonyl (C=O) groups is 2. The quantitative estimate of drug-likeness (QED) is 0.898. The Morgan fingerprint density at radius 3 is 2.46 bits per heavy atom. The molecule has 1 aliphatic heterocycles. The normalized spacial score (nSPS) is 18.5. The molecule has 1 saturated heterocycles. The van der Waals surface area contributed by atoms with Crippen LogP contribution in [0.15, 0.2) is 18.2 Å². The molecule has 0 radical (unpaired) electrons. The van der Waals surface area contributed by atoms with Crippen molar-refractivity contribution >= 4 is 11.9 Å². The summed E-state index contributed by atoms with van der Waals surface area (Å²) in [5, 5.41) is 3.09. The monoisotopic (exact) mass is 363 g/mol. The highest BCUT2D eigenvalue weighted by molar-refractivity contribution is 5.94. The van der Waals surface area contributed by atoms with Gasteiger partial charge < -0.3 is 19.9 Å². The van der Waals surface area contributed by atoms with Crippen molar-refractivity contribution in [2.24, 2.45) is 0 Å². The summed E-state index contributed by atoms with van der Waals surface area (Å²) in [5.74, 6) is -0.650. The number of amides is 3. The maximum atomic E-state index is 13.9. The highest BCUT2D eigenvalue weighted by Crippen LogP contribution is 2.20. The van der Waals surface area contributed by atoms with Gasteiger partial charge in [-0.2, -0.15) is 0 Å². The molecule has 0 bridgehead atoms. The lowest BCUT2D eigenvalue weighted by Crippen LogP contribution is -2.45. The molecule has 3 rings (SSSR count). The van der Waals surface area contributed by atoms with Crippen LogP contribution in [0.3, 0.4) is 0 Å². The van der Waals surface area contributed by atoms with Crippen LogP contribution in [0.25, 0.3) is 0 Å². The van der Waals surface area contributed by atoms with Crippen molar-refractivity contribution in [1.29, 1.82) is 0 Å². The van der Waals surface area contributed by atoms with Crippen molar-refractivity contribution in [3.05, 3.63) is 29.6 Å². The van der Waals surface area contributed by atoms with Crippen molar-refractivity contribution < 1.29 is 18.7 Å². The van der Waals surface area contributed by atoms with Gasteiger partial charge in [-0.1, -0.05) is 12.8 Å². The van der Waals surface area contributed by atoms with Crippen LogP contribution in [-0.4, -0.2) is 61.1 Å². The maximum Gasteiger partial charge on any atom is 0.317 e. The van der Waals surface area contributed by atoms with Crippen LogP contribution in [0.5, 0.6) is 5.75 Å². The number of rotatable bonds is 3. The van der Waals surface area contributed by atoms with Gasteiger partial charge in [0.2, 0.25) is 0 Å². The molecule has 2 aliphatic rings. The van der Waals surface area contributed by atoms with Crippen molar-refractivity contribution in [1.82, 2.24) is 15.1 Å². The Kier molecular flexibility index (Phi) is 5.96. The van der Waals surface area contributed by atoms with Gasteiger partial charge in [0.05, 0.1) is 7.11 Å². The summed E-state index contributed by atoms with van der Waals surface area (Å²) in [6, 6.07) is 4.48. The molecule has 3 amide bonds. The second-order valence-electron chi connectivity index (χ2n) is 6.91. The molecule has 1 N–H and O–H groups in total. The Balaban J connectivity index is 1.58. The van der Waals surface area contributed by atoms with Crippen LogP contribution < -0.4 is 10.1 Å². The number of urea groups is 1. The second-order valence-corrected chi connectivity index (χ2v) is 6.91. The highest BCUT2D eigenvalue weighted by Gasteiger charge is 2.25. The molecule has 142 valence electrons. The van der Waals surface area contributed by atoms with Gasteiger partial charge in [0, 0.05) is 37.8 Å². The van der Waals surface area contributed by atoms with Gasteiger partial charge >= 0.3 is 6.03 Å². The first-order valence-electron chi connectivity index (χ1n) is 9.26. The Morgan fingerprint density at radius 2 is 1.77 bits per heavy atom. The molecule has 1 aliphatic carbocycles. The van der Waals surface area contributed by atoms with E-state index in [1.807, 2.05) is 0 Å². The van der Waals surface area contributed by atoms with Gasteiger partial charge in [-0.3, -0.25) is 4.79 Å². The zero-order valence-corrected chi connectivity index (χ0v) is 15.2. The van der Waals surface area contributed by atoms with Gasteiger partial charge in [-0.25, -0.2) is 9.18 Å². The maximum absolute atomic E-state index is 13.9. The number of benzene rings is 1. The summed E-state index contributed by atoms with van der Waals surface area (Å²) in [6.07, 6.45) is 5.15. The standard InChI is InChI=1S/C19H26FN3O3/c1-26-17-8-7-14(13-16(17)20)18(24)22-9-4-10-23(12-11-22)19(25)21-15-5-2-3-6-15/h7-8,13,15H,2-6,9-12H2,1H3,(H,21,25). The van der Waals surface area contributed by atoms with E-state index in [0.29, 0.717) is 38.2 Å². The van der Waals surface area contributed by atoms with E-state index in [2.05, 4.69) is 5.32 Å². The van der Waals surface area contributed by atoms with Crippen LogP contribution in [0.4, 0.5) is 9.18 Å². The first-order chi connectivity index (χ1) is 12.6. The predicted octanol–water partition coefficient (Wildman–Crippen LogP) is 2.63. The predicted molar refractivity (Wildman–Crippen MR) is 95.8 cm³/mol. The van der Waals surface area contributed by atoms with Gasteiger partial charge in [-0.05, 0) is 37.5 Å². The molecular formula is C19H26FN3O3. The lowest BCUT2D eigenvalue weighted by Gasteiger charge is -2.24. The zero-order valence-electron chi connectivity index (χ0n) is 15.2. The molecule has 1 aromatic rings. The van der Waals surface area contributed by atoms with Crippen LogP contribution in [-0.2, 0) is 0 Å². The third kappa shape index (κ3) is 4.26. The number of halogens is 1. The summed E-state index contributed by atoms with van der Waals surface area (Å²) in [7, 11) is 1.39. The second kappa shape index (κ2) is 8.38. The van der Waals surface area contributed by atoms with Crippen LogP contribution >= 0.6 is 0 Å². The van der Waals surface area contributed by atoms with E-state index in [1.165, 1.54) is 32.1 Å². The number of hydrogen-bond acceptors (Lipinski definition) is 3. The molecule has 1 heterocycles. The SMILES string of the molecule is COc1ccc(C(=O)N2CCCN(C(=O)NC3CCCC3)CC2)cc1F. The fourth-order valence-corrected chi connectivity index (χ4v) is 3.64. The Hall–Kier alpha value is -2.31. The number of methoxy groups -OCH3 is 1. The number of hydrogen-bond donors (Lipinski definition) is 1. The van der Waals surface area contributed by atoms with Crippen LogP contribution in [0.2, 0.25) is 0 Å². The number of carbonyl (C=O) groups excluding carboxylic acids is 2. The van der Waals surface area contributed by atoms with Crippen molar-refractivity contribution in [2.75, 3.05) is 33.3 Å². The van der Waals surface area contributed by atoms with Crippen LogP contribution in [0.1, 0.15) is 42.5 Å². The summed E-state index contributed by atoms with van der Waals surface area (Å²) >= 11 is 0. The number of ether oxygens (including phenoxy) is 1. The first-order valence-corrected chi connectivity index (χ1v) is 9.26. The van der Waals surface area contributed by atoms with Gasteiger partial charge in [0.15, 0.2) is 11.6 Å². The van der Waals surface area contributed by atoms with Gasteiger partial charge in [0.25, 0.3) is 5.91 Å². The number of nitrogens with one attached hydrogen (secondary N) is 1. The zero-order chi connectivity index (χ0) is 18.5. The fraction of sp³-hybridized carbons (Fsp3) is 0.579. The molecule has 0 unspecified atom stereocenters. The van der Waals surface area contributed by atoms with E-state index in [4.69, 9.17) is 4.74 Å². The summed E-state index contributed by atoms with van der Waals surface area (Å²) in [6.45, 7) is 2.12. The lowest BCUT2D eigenvalue weighted by molar-refractivity contribution is 0.0761. The topological polar surface area (TPSA) is 61.9 Å². The van der Waals surface area contributed by atoms with Crippen molar-refractivity contribution in [2.45, 2.75) is 38.1 Å². The fourth-order valence-electron chi connectivity index (χ4n) is 3.64. The Labute approximate surface area is 153 Å². The molecule has 1 aromatic carbocycles. The minimum Gasteiger partial charge on any atom is -0.494 e. The molecule has 0 atom stereocenters.